The Kier molecular flexibility index (Phi) is 3.29. The predicted octanol–water partition coefficient (Wildman–Crippen LogP) is 3.00. The van der Waals surface area contributed by atoms with Crippen molar-refractivity contribution in [3.05, 3.63) is 29.6 Å². The first-order chi connectivity index (χ1) is 9.39. The van der Waals surface area contributed by atoms with Crippen LogP contribution in [0.5, 0.6) is 0 Å². The first-order valence-corrected chi connectivity index (χ1v) is 8.97. The molecule has 2 aromatic rings. The van der Waals surface area contributed by atoms with Crippen LogP contribution >= 0.6 is 11.6 Å². The maximum Gasteiger partial charge on any atom is 0.152 e. The summed E-state index contributed by atoms with van der Waals surface area (Å²) in [5.41, 5.74) is 2.98. The molecule has 0 saturated carbocycles. The van der Waals surface area contributed by atoms with Gasteiger partial charge in [0.05, 0.1) is 34.0 Å². The summed E-state index contributed by atoms with van der Waals surface area (Å²) in [6.07, 6.45) is 0.637. The number of imidazole rings is 1. The second kappa shape index (κ2) is 4.74. The molecule has 2 heterocycles. The van der Waals surface area contributed by atoms with Crippen molar-refractivity contribution in [2.45, 2.75) is 31.7 Å². The van der Waals surface area contributed by atoms with Crippen molar-refractivity contribution in [3.8, 4) is 0 Å². The molecule has 3 rings (SSSR count). The van der Waals surface area contributed by atoms with E-state index in [1.165, 1.54) is 0 Å². The Morgan fingerprint density at radius 3 is 2.80 bits per heavy atom. The van der Waals surface area contributed by atoms with Crippen molar-refractivity contribution in [3.63, 3.8) is 0 Å². The summed E-state index contributed by atoms with van der Waals surface area (Å²) in [5, 5.41) is -0.245. The number of benzene rings is 1. The van der Waals surface area contributed by atoms with Crippen molar-refractivity contribution in [1.82, 2.24) is 9.55 Å². The van der Waals surface area contributed by atoms with Gasteiger partial charge in [-0.2, -0.15) is 0 Å². The van der Waals surface area contributed by atoms with E-state index in [0.717, 1.165) is 22.4 Å². The SMILES string of the molecule is Cc1cccc2c1nc(C(C)Cl)n2C1CCS(=O)(=O)C1. The molecule has 0 N–H and O–H groups in total. The molecule has 1 fully saturated rings. The molecule has 4 nitrogen and oxygen atoms in total. The normalized spacial score (nSPS) is 23.2. The van der Waals surface area contributed by atoms with Crippen LogP contribution in [-0.4, -0.2) is 29.5 Å². The zero-order valence-corrected chi connectivity index (χ0v) is 13.1. The Balaban J connectivity index is 2.23. The zero-order valence-electron chi connectivity index (χ0n) is 11.5. The highest BCUT2D eigenvalue weighted by Gasteiger charge is 2.32. The molecule has 1 aromatic carbocycles. The van der Waals surface area contributed by atoms with Crippen molar-refractivity contribution in [2.24, 2.45) is 0 Å². The van der Waals surface area contributed by atoms with Gasteiger partial charge >= 0.3 is 0 Å². The van der Waals surface area contributed by atoms with Gasteiger partial charge in [-0.05, 0) is 31.9 Å². The van der Waals surface area contributed by atoms with Crippen molar-refractivity contribution in [2.75, 3.05) is 11.5 Å². The smallest absolute Gasteiger partial charge is 0.152 e. The molecule has 1 aliphatic rings. The number of aryl methyl sites for hydroxylation is 1. The van der Waals surface area contributed by atoms with E-state index in [-0.39, 0.29) is 22.9 Å². The van der Waals surface area contributed by atoms with Crippen LogP contribution in [0.3, 0.4) is 0 Å². The minimum absolute atomic E-state index is 0.0528. The molecular formula is C14H17ClN2O2S. The van der Waals surface area contributed by atoms with E-state index in [2.05, 4.69) is 4.98 Å². The molecule has 108 valence electrons. The van der Waals surface area contributed by atoms with Crippen molar-refractivity contribution < 1.29 is 8.42 Å². The number of para-hydroxylation sites is 1. The summed E-state index contributed by atoms with van der Waals surface area (Å²) in [6.45, 7) is 3.88. The van der Waals surface area contributed by atoms with Crippen molar-refractivity contribution in [1.29, 1.82) is 0 Å². The average molecular weight is 313 g/mol. The molecule has 2 atom stereocenters. The van der Waals surface area contributed by atoms with Gasteiger partial charge in [0.15, 0.2) is 9.84 Å². The Morgan fingerprint density at radius 1 is 1.45 bits per heavy atom. The fourth-order valence-corrected chi connectivity index (χ4v) is 4.77. The third-order valence-electron chi connectivity index (χ3n) is 3.88. The Morgan fingerprint density at radius 2 is 2.20 bits per heavy atom. The Hall–Kier alpha value is -1.07. The monoisotopic (exact) mass is 312 g/mol. The van der Waals surface area contributed by atoms with Crippen LogP contribution in [0.2, 0.25) is 0 Å². The molecule has 0 bridgehead atoms. The number of hydrogen-bond donors (Lipinski definition) is 0. The minimum Gasteiger partial charge on any atom is -0.323 e. The molecule has 0 spiro atoms. The highest BCUT2D eigenvalue weighted by Crippen LogP contribution is 2.34. The summed E-state index contributed by atoms with van der Waals surface area (Å²) in [4.78, 5) is 4.64. The van der Waals surface area contributed by atoms with E-state index < -0.39 is 9.84 Å². The fourth-order valence-electron chi connectivity index (χ4n) is 2.92. The van der Waals surface area contributed by atoms with E-state index in [0.29, 0.717) is 6.42 Å². The third-order valence-corrected chi connectivity index (χ3v) is 5.82. The van der Waals surface area contributed by atoms with Gasteiger partial charge in [0.1, 0.15) is 5.82 Å². The molecule has 20 heavy (non-hydrogen) atoms. The second-order valence-corrected chi connectivity index (χ2v) is 8.34. The van der Waals surface area contributed by atoms with Gasteiger partial charge in [-0.1, -0.05) is 12.1 Å². The third kappa shape index (κ3) is 2.23. The van der Waals surface area contributed by atoms with Crippen LogP contribution in [0, 0.1) is 6.92 Å². The number of rotatable bonds is 2. The molecule has 0 aliphatic carbocycles. The number of hydrogen-bond acceptors (Lipinski definition) is 3. The van der Waals surface area contributed by atoms with E-state index in [1.807, 2.05) is 36.6 Å². The molecule has 2 unspecified atom stereocenters. The lowest BCUT2D eigenvalue weighted by atomic mass is 10.2. The van der Waals surface area contributed by atoms with Gasteiger partial charge in [0.25, 0.3) is 0 Å². The maximum absolute atomic E-state index is 11.8. The maximum atomic E-state index is 11.8. The molecular weight excluding hydrogens is 296 g/mol. The van der Waals surface area contributed by atoms with Crippen molar-refractivity contribution >= 4 is 32.5 Å². The molecule has 1 saturated heterocycles. The molecule has 0 amide bonds. The first kappa shape index (κ1) is 13.9. The fraction of sp³-hybridized carbons (Fsp3) is 0.500. The van der Waals surface area contributed by atoms with E-state index >= 15 is 0 Å². The summed E-state index contributed by atoms with van der Waals surface area (Å²) in [7, 11) is -2.93. The van der Waals surface area contributed by atoms with Crippen LogP contribution in [0.1, 0.15) is 36.2 Å². The number of nitrogens with zero attached hydrogens (tertiary/aromatic N) is 2. The molecule has 0 radical (unpaired) electrons. The van der Waals surface area contributed by atoms with E-state index in [1.54, 1.807) is 0 Å². The van der Waals surface area contributed by atoms with Crippen LogP contribution in [0.4, 0.5) is 0 Å². The van der Waals surface area contributed by atoms with Crippen LogP contribution in [-0.2, 0) is 9.84 Å². The number of fused-ring (bicyclic) bond motifs is 1. The van der Waals surface area contributed by atoms with Gasteiger partial charge < -0.3 is 4.57 Å². The lowest BCUT2D eigenvalue weighted by Crippen LogP contribution is -2.14. The van der Waals surface area contributed by atoms with Crippen LogP contribution in [0.15, 0.2) is 18.2 Å². The topological polar surface area (TPSA) is 52.0 Å². The molecule has 1 aromatic heterocycles. The predicted molar refractivity (Wildman–Crippen MR) is 81.0 cm³/mol. The van der Waals surface area contributed by atoms with Gasteiger partial charge in [0.2, 0.25) is 0 Å². The summed E-state index contributed by atoms with van der Waals surface area (Å²) in [5.74, 6) is 1.19. The van der Waals surface area contributed by atoms with Gasteiger partial charge in [-0.3, -0.25) is 0 Å². The number of alkyl halides is 1. The van der Waals surface area contributed by atoms with Gasteiger partial charge in [0, 0.05) is 0 Å². The first-order valence-electron chi connectivity index (χ1n) is 6.71. The minimum atomic E-state index is -2.93. The number of aromatic nitrogens is 2. The van der Waals surface area contributed by atoms with Crippen LogP contribution in [0.25, 0.3) is 11.0 Å². The number of halogens is 1. The second-order valence-electron chi connectivity index (χ2n) is 5.46. The molecule has 1 aliphatic heterocycles. The largest absolute Gasteiger partial charge is 0.323 e. The lowest BCUT2D eigenvalue weighted by Gasteiger charge is -2.16. The Bertz CT molecular complexity index is 765. The zero-order chi connectivity index (χ0) is 14.5. The quantitative estimate of drug-likeness (QED) is 0.801. The van der Waals surface area contributed by atoms with Gasteiger partial charge in [-0.15, -0.1) is 11.6 Å². The van der Waals surface area contributed by atoms with Gasteiger partial charge in [-0.25, -0.2) is 13.4 Å². The molecule has 6 heteroatoms. The number of sulfone groups is 1. The highest BCUT2D eigenvalue weighted by molar-refractivity contribution is 7.91. The summed E-state index contributed by atoms with van der Waals surface area (Å²) >= 11 is 6.25. The highest BCUT2D eigenvalue weighted by atomic mass is 35.5. The summed E-state index contributed by atoms with van der Waals surface area (Å²) in [6, 6.07) is 5.92. The van der Waals surface area contributed by atoms with E-state index in [9.17, 15) is 8.42 Å². The van der Waals surface area contributed by atoms with E-state index in [4.69, 9.17) is 11.6 Å². The lowest BCUT2D eigenvalue weighted by molar-refractivity contribution is 0.545. The average Bonchev–Trinajstić information content (AvgIpc) is 2.90. The standard InChI is InChI=1S/C14H17ClN2O2S/c1-9-4-3-5-12-13(9)16-14(10(2)15)17(12)11-6-7-20(18,19)8-11/h3-5,10-11H,6-8H2,1-2H3. The van der Waals surface area contributed by atoms with Crippen LogP contribution < -0.4 is 0 Å². The summed E-state index contributed by atoms with van der Waals surface area (Å²) < 4.78 is 25.5. The Labute approximate surface area is 123 Å².